The Hall–Kier alpha value is -3.45. The van der Waals surface area contributed by atoms with Crippen LogP contribution >= 0.6 is 15.9 Å². The van der Waals surface area contributed by atoms with E-state index in [4.69, 9.17) is 4.74 Å². The summed E-state index contributed by atoms with van der Waals surface area (Å²) in [6, 6.07) is 18.2. The van der Waals surface area contributed by atoms with Gasteiger partial charge in [-0.1, -0.05) is 45.8 Å². The zero-order chi connectivity index (χ0) is 22.6. The number of ether oxygens (including phenoxy) is 1. The van der Waals surface area contributed by atoms with Gasteiger partial charge in [-0.3, -0.25) is 19.3 Å². The average molecular weight is 491 g/mol. The van der Waals surface area contributed by atoms with E-state index in [1.807, 2.05) is 43.3 Å². The van der Waals surface area contributed by atoms with Crippen molar-refractivity contribution in [3.8, 4) is 5.75 Å². The summed E-state index contributed by atoms with van der Waals surface area (Å²) in [6.45, 7) is 1.97. The molecule has 0 bridgehead atoms. The van der Waals surface area contributed by atoms with Crippen LogP contribution in [0, 0.1) is 6.92 Å². The lowest BCUT2D eigenvalue weighted by molar-refractivity contribution is -0.130. The van der Waals surface area contributed by atoms with Crippen LogP contribution in [0.1, 0.15) is 37.9 Å². The third kappa shape index (κ3) is 2.96. The van der Waals surface area contributed by atoms with Crippen molar-refractivity contribution in [1.29, 1.82) is 0 Å². The van der Waals surface area contributed by atoms with E-state index in [0.29, 0.717) is 28.1 Å². The lowest BCUT2D eigenvalue weighted by Crippen LogP contribution is -2.67. The van der Waals surface area contributed by atoms with Gasteiger partial charge in [0.25, 0.3) is 17.7 Å². The van der Waals surface area contributed by atoms with Crippen molar-refractivity contribution < 1.29 is 19.1 Å². The number of halogens is 1. The molecule has 0 N–H and O–H groups in total. The number of aryl methyl sites for hydroxylation is 1. The van der Waals surface area contributed by atoms with Gasteiger partial charge in [-0.2, -0.15) is 0 Å². The van der Waals surface area contributed by atoms with Crippen molar-refractivity contribution in [2.24, 2.45) is 0 Å². The Morgan fingerprint density at radius 1 is 0.812 bits per heavy atom. The summed E-state index contributed by atoms with van der Waals surface area (Å²) < 4.78 is 6.38. The van der Waals surface area contributed by atoms with Crippen LogP contribution in [0.4, 0.5) is 5.69 Å². The van der Waals surface area contributed by atoms with Gasteiger partial charge in [0, 0.05) is 15.7 Å². The number of carbonyl (C=O) groups excluding carboxylic acids is 3. The molecule has 3 aromatic rings. The second kappa shape index (κ2) is 7.60. The van der Waals surface area contributed by atoms with Crippen LogP contribution < -0.4 is 9.64 Å². The highest BCUT2D eigenvalue weighted by Gasteiger charge is 2.58. The molecule has 0 aliphatic carbocycles. The lowest BCUT2D eigenvalue weighted by atomic mass is 9.85. The zero-order valence-corrected chi connectivity index (χ0v) is 19.0. The highest BCUT2D eigenvalue weighted by atomic mass is 79.9. The molecule has 2 atom stereocenters. The number of amides is 3. The molecule has 2 heterocycles. The molecule has 2 aliphatic rings. The van der Waals surface area contributed by atoms with Gasteiger partial charge in [-0.05, 0) is 49.4 Å². The van der Waals surface area contributed by atoms with E-state index in [1.165, 1.54) is 0 Å². The molecule has 3 amide bonds. The zero-order valence-electron chi connectivity index (χ0n) is 17.4. The Morgan fingerprint density at radius 3 is 2.03 bits per heavy atom. The predicted octanol–water partition coefficient (Wildman–Crippen LogP) is 4.52. The Labute approximate surface area is 193 Å². The Morgan fingerprint density at radius 2 is 1.44 bits per heavy atom. The highest BCUT2D eigenvalue weighted by molar-refractivity contribution is 9.10. The van der Waals surface area contributed by atoms with Gasteiger partial charge >= 0.3 is 0 Å². The van der Waals surface area contributed by atoms with Crippen molar-refractivity contribution >= 4 is 39.3 Å². The Balaban J connectivity index is 1.64. The molecular formula is C25H19BrN2O4. The number of methoxy groups -OCH3 is 1. The fourth-order valence-electron chi connectivity index (χ4n) is 4.42. The summed E-state index contributed by atoms with van der Waals surface area (Å²) in [7, 11) is 1.56. The number of imide groups is 1. The van der Waals surface area contributed by atoms with E-state index in [2.05, 4.69) is 15.9 Å². The summed E-state index contributed by atoms with van der Waals surface area (Å²) in [5, 5.41) is 0. The average Bonchev–Trinajstić information content (AvgIpc) is 3.04. The highest BCUT2D eigenvalue weighted by Crippen LogP contribution is 2.47. The number of β-lactam (4-membered cyclic amide) rings is 1. The maximum absolute atomic E-state index is 13.5. The molecule has 0 aromatic heterocycles. The predicted molar refractivity (Wildman–Crippen MR) is 123 cm³/mol. The fourth-order valence-corrected chi connectivity index (χ4v) is 4.80. The second-order valence-electron chi connectivity index (χ2n) is 7.85. The van der Waals surface area contributed by atoms with Crippen LogP contribution in [-0.4, -0.2) is 35.8 Å². The summed E-state index contributed by atoms with van der Waals surface area (Å²) in [5.41, 5.74) is 3.11. The van der Waals surface area contributed by atoms with Gasteiger partial charge in [-0.15, -0.1) is 0 Å². The molecule has 3 aromatic carbocycles. The van der Waals surface area contributed by atoms with Crippen molar-refractivity contribution in [3.05, 3.63) is 93.5 Å². The van der Waals surface area contributed by atoms with Gasteiger partial charge in [0.15, 0.2) is 0 Å². The van der Waals surface area contributed by atoms with E-state index in [-0.39, 0.29) is 5.91 Å². The minimum Gasteiger partial charge on any atom is -0.496 e. The lowest BCUT2D eigenvalue weighted by Gasteiger charge is -2.50. The molecule has 0 spiro atoms. The molecule has 1 fully saturated rings. The van der Waals surface area contributed by atoms with Crippen molar-refractivity contribution in [2.45, 2.75) is 19.0 Å². The molecule has 32 heavy (non-hydrogen) atoms. The van der Waals surface area contributed by atoms with Crippen LogP contribution in [0.3, 0.4) is 0 Å². The van der Waals surface area contributed by atoms with E-state index in [0.717, 1.165) is 14.9 Å². The first-order chi connectivity index (χ1) is 15.4. The van der Waals surface area contributed by atoms with E-state index in [1.54, 1.807) is 42.3 Å². The van der Waals surface area contributed by atoms with Crippen LogP contribution in [0.25, 0.3) is 0 Å². The largest absolute Gasteiger partial charge is 0.496 e. The molecule has 2 aliphatic heterocycles. The minimum absolute atomic E-state index is 0.310. The summed E-state index contributed by atoms with van der Waals surface area (Å²) >= 11 is 3.49. The van der Waals surface area contributed by atoms with Gasteiger partial charge in [-0.25, -0.2) is 0 Å². The first-order valence-corrected chi connectivity index (χ1v) is 10.9. The number of rotatable bonds is 4. The SMILES string of the molecule is COc1ccc(Br)cc1[C@@H]1[C@@H](N2C(=O)c3ccccc3C2=O)C(=O)N1c1ccc(C)cc1. The molecule has 0 radical (unpaired) electrons. The molecular weight excluding hydrogens is 472 g/mol. The number of carbonyl (C=O) groups is 3. The van der Waals surface area contributed by atoms with E-state index < -0.39 is 23.9 Å². The number of anilines is 1. The normalized spacial score (nSPS) is 19.8. The number of benzene rings is 3. The van der Waals surface area contributed by atoms with Crippen molar-refractivity contribution in [2.75, 3.05) is 12.0 Å². The standard InChI is InChI=1S/C25H19BrN2O4/c1-14-7-10-16(11-8-14)27-21(19-13-15(26)9-12-20(19)32-2)22(25(27)31)28-23(29)17-5-3-4-6-18(17)24(28)30/h3-13,21-22H,1-2H3/t21-,22-/m1/s1. The summed E-state index contributed by atoms with van der Waals surface area (Å²) in [5.74, 6) is -0.641. The van der Waals surface area contributed by atoms with Gasteiger partial charge in [0.2, 0.25) is 0 Å². The number of hydrogen-bond acceptors (Lipinski definition) is 4. The molecule has 6 nitrogen and oxygen atoms in total. The molecule has 160 valence electrons. The smallest absolute Gasteiger partial charge is 0.262 e. The van der Waals surface area contributed by atoms with E-state index in [9.17, 15) is 14.4 Å². The van der Waals surface area contributed by atoms with Gasteiger partial charge in [0.05, 0.1) is 24.3 Å². The molecule has 7 heteroatoms. The topological polar surface area (TPSA) is 66.9 Å². The van der Waals surface area contributed by atoms with Crippen molar-refractivity contribution in [3.63, 3.8) is 0 Å². The van der Waals surface area contributed by atoms with Crippen LogP contribution in [0.5, 0.6) is 5.75 Å². The molecule has 0 unspecified atom stereocenters. The second-order valence-corrected chi connectivity index (χ2v) is 8.76. The molecule has 5 rings (SSSR count). The first-order valence-electron chi connectivity index (χ1n) is 10.1. The monoisotopic (exact) mass is 490 g/mol. The maximum atomic E-state index is 13.5. The van der Waals surface area contributed by atoms with Crippen LogP contribution in [0.2, 0.25) is 0 Å². The summed E-state index contributed by atoms with van der Waals surface area (Å²) in [4.78, 5) is 42.5. The number of nitrogens with zero attached hydrogens (tertiary/aromatic N) is 2. The quantitative estimate of drug-likeness (QED) is 0.398. The van der Waals surface area contributed by atoms with Gasteiger partial charge < -0.3 is 9.64 Å². The third-order valence-corrected chi connectivity index (χ3v) is 6.49. The maximum Gasteiger partial charge on any atom is 0.262 e. The van der Waals surface area contributed by atoms with E-state index >= 15 is 0 Å². The summed E-state index contributed by atoms with van der Waals surface area (Å²) in [6.07, 6.45) is 0. The number of fused-ring (bicyclic) bond motifs is 1. The number of hydrogen-bond donors (Lipinski definition) is 0. The minimum atomic E-state index is -0.966. The Bertz CT molecular complexity index is 1240. The van der Waals surface area contributed by atoms with Crippen LogP contribution in [-0.2, 0) is 4.79 Å². The van der Waals surface area contributed by atoms with Crippen molar-refractivity contribution in [1.82, 2.24) is 4.90 Å². The Kier molecular flexibility index (Phi) is 4.86. The third-order valence-electron chi connectivity index (χ3n) is 5.99. The molecule has 0 saturated carbocycles. The fraction of sp³-hybridized carbons (Fsp3) is 0.160. The first kappa shape index (κ1) is 20.5. The van der Waals surface area contributed by atoms with Gasteiger partial charge in [0.1, 0.15) is 11.8 Å². The molecule has 1 saturated heterocycles. The van der Waals surface area contributed by atoms with Crippen LogP contribution in [0.15, 0.2) is 71.2 Å².